The number of hydrogen-bond donors (Lipinski definition) is 0. The number of nitrogens with zero attached hydrogens (tertiary/aromatic N) is 2. The highest BCUT2D eigenvalue weighted by Crippen LogP contribution is 2.45. The Kier molecular flexibility index (Phi) is 8.67. The lowest BCUT2D eigenvalue weighted by Crippen LogP contribution is -2.39. The maximum Gasteiger partial charge on any atom is 0.340 e. The second-order valence-electron chi connectivity index (χ2n) is 13.5. The first-order valence-electron chi connectivity index (χ1n) is 15.6. The van der Waals surface area contributed by atoms with Crippen molar-refractivity contribution >= 4 is 22.4 Å². The second kappa shape index (κ2) is 12.1. The minimum absolute atomic E-state index is 0.274. The van der Waals surface area contributed by atoms with E-state index in [1.54, 1.807) is 0 Å². The van der Waals surface area contributed by atoms with Crippen LogP contribution < -0.4 is 4.90 Å². The molecule has 1 aromatic heterocycles. The normalized spacial score (nSPS) is 15.9. The van der Waals surface area contributed by atoms with E-state index in [9.17, 15) is 4.79 Å². The Labute approximate surface area is 257 Å². The molecule has 0 aliphatic carbocycles. The summed E-state index contributed by atoms with van der Waals surface area (Å²) in [7, 11) is 0. The van der Waals surface area contributed by atoms with Gasteiger partial charge in [-0.2, -0.15) is 0 Å². The third kappa shape index (κ3) is 6.62. The van der Waals surface area contributed by atoms with Crippen molar-refractivity contribution in [1.82, 2.24) is 4.98 Å². The number of carbonyl (C=O) groups excluding carboxylic acids is 1. The Morgan fingerprint density at radius 1 is 0.907 bits per heavy atom. The third-order valence-corrected chi connectivity index (χ3v) is 8.52. The zero-order valence-electron chi connectivity index (χ0n) is 27.1. The monoisotopic (exact) mass is 578 g/mol. The molecular weight excluding hydrogens is 532 g/mol. The van der Waals surface area contributed by atoms with Crippen LogP contribution in [0.4, 0.5) is 5.69 Å². The Bertz CT molecular complexity index is 1600. The van der Waals surface area contributed by atoms with E-state index < -0.39 is 11.7 Å². The fourth-order valence-electron chi connectivity index (χ4n) is 6.26. The van der Waals surface area contributed by atoms with Crippen LogP contribution in [0, 0.1) is 19.3 Å². The number of rotatable bonds is 7. The van der Waals surface area contributed by atoms with Crippen molar-refractivity contribution in [2.45, 2.75) is 79.9 Å². The SMILES string of the molecule is CCOC(=O)[C@@H](OC(C)(C)C)c1c(C)nc(C)c(-c2ccc(-c3cccc4ccccc34)cc2)c1N1CCC(C)(C)CC1. The number of pyridine rings is 1. The van der Waals surface area contributed by atoms with E-state index in [0.717, 1.165) is 59.7 Å². The average Bonchev–Trinajstić information content (AvgIpc) is 2.95. The Hall–Kier alpha value is -3.70. The quantitative estimate of drug-likeness (QED) is 0.205. The van der Waals surface area contributed by atoms with Crippen molar-refractivity contribution in [2.24, 2.45) is 5.41 Å². The minimum Gasteiger partial charge on any atom is -0.464 e. The zero-order valence-corrected chi connectivity index (χ0v) is 27.1. The lowest BCUT2D eigenvalue weighted by Gasteiger charge is -2.41. The van der Waals surface area contributed by atoms with Gasteiger partial charge in [-0.15, -0.1) is 0 Å². The summed E-state index contributed by atoms with van der Waals surface area (Å²) >= 11 is 0. The maximum absolute atomic E-state index is 13.6. The lowest BCUT2D eigenvalue weighted by molar-refractivity contribution is -0.166. The number of benzene rings is 3. The highest BCUT2D eigenvalue weighted by atomic mass is 16.6. The molecule has 1 atom stereocenters. The highest BCUT2D eigenvalue weighted by molar-refractivity contribution is 5.97. The number of esters is 1. The van der Waals surface area contributed by atoms with E-state index in [1.807, 2.05) is 34.6 Å². The molecule has 0 N–H and O–H groups in total. The molecule has 5 nitrogen and oxygen atoms in total. The van der Waals surface area contributed by atoms with Crippen molar-refractivity contribution < 1.29 is 14.3 Å². The number of fused-ring (bicyclic) bond motifs is 1. The van der Waals surface area contributed by atoms with Crippen LogP contribution in [0.1, 0.15) is 77.4 Å². The number of aryl methyl sites for hydroxylation is 2. The Balaban J connectivity index is 1.69. The Morgan fingerprint density at radius 2 is 1.53 bits per heavy atom. The summed E-state index contributed by atoms with van der Waals surface area (Å²) < 4.78 is 12.1. The van der Waals surface area contributed by atoms with Gasteiger partial charge in [-0.3, -0.25) is 4.98 Å². The fraction of sp³-hybridized carbons (Fsp3) is 0.421. The van der Waals surface area contributed by atoms with Crippen molar-refractivity contribution in [2.75, 3.05) is 24.6 Å². The topological polar surface area (TPSA) is 51.7 Å². The van der Waals surface area contributed by atoms with Gasteiger partial charge in [0.2, 0.25) is 0 Å². The molecular formula is C38H46N2O3. The first-order chi connectivity index (χ1) is 20.4. The van der Waals surface area contributed by atoms with Gasteiger partial charge < -0.3 is 14.4 Å². The molecule has 1 aliphatic rings. The molecule has 43 heavy (non-hydrogen) atoms. The molecule has 4 aromatic rings. The smallest absolute Gasteiger partial charge is 0.340 e. The average molecular weight is 579 g/mol. The summed E-state index contributed by atoms with van der Waals surface area (Å²) in [5.74, 6) is -0.373. The predicted molar refractivity (Wildman–Crippen MR) is 178 cm³/mol. The fourth-order valence-corrected chi connectivity index (χ4v) is 6.26. The standard InChI is InChI=1S/C38H46N2O3/c1-9-42-36(41)35(43-37(4,5)6)33-26(3)39-25(2)32(34(33)40-23-21-38(7,8)22-24-40)29-19-17-28(18-20-29)31-16-12-14-27-13-10-11-15-30(27)31/h10-20,35H,9,21-24H2,1-8H3/t35-/m0/s1. The second-order valence-corrected chi connectivity index (χ2v) is 13.5. The molecule has 1 aliphatic heterocycles. The zero-order chi connectivity index (χ0) is 30.9. The Morgan fingerprint density at radius 3 is 2.19 bits per heavy atom. The van der Waals surface area contributed by atoms with Gasteiger partial charge in [0, 0.05) is 35.6 Å². The van der Waals surface area contributed by atoms with Gasteiger partial charge in [0.1, 0.15) is 0 Å². The number of carbonyl (C=O) groups is 1. The summed E-state index contributed by atoms with van der Waals surface area (Å²) in [6.45, 7) is 18.6. The van der Waals surface area contributed by atoms with Gasteiger partial charge in [-0.1, -0.05) is 80.6 Å². The number of anilines is 1. The molecule has 1 saturated heterocycles. The lowest BCUT2D eigenvalue weighted by atomic mass is 9.81. The summed E-state index contributed by atoms with van der Waals surface area (Å²) in [5.41, 5.74) is 7.82. The van der Waals surface area contributed by atoms with E-state index in [-0.39, 0.29) is 18.0 Å². The van der Waals surface area contributed by atoms with Gasteiger partial charge in [0.05, 0.1) is 17.9 Å². The predicted octanol–water partition coefficient (Wildman–Crippen LogP) is 9.23. The molecule has 2 heterocycles. The summed E-state index contributed by atoms with van der Waals surface area (Å²) in [5, 5.41) is 2.47. The molecule has 0 saturated carbocycles. The third-order valence-electron chi connectivity index (χ3n) is 8.52. The maximum atomic E-state index is 13.6. The summed E-state index contributed by atoms with van der Waals surface area (Å²) in [6.07, 6.45) is 1.25. The van der Waals surface area contributed by atoms with Crippen LogP contribution in [-0.4, -0.2) is 36.3 Å². The van der Waals surface area contributed by atoms with Gasteiger partial charge >= 0.3 is 5.97 Å². The van der Waals surface area contributed by atoms with Crippen LogP contribution in [0.15, 0.2) is 66.7 Å². The highest BCUT2D eigenvalue weighted by Gasteiger charge is 2.37. The van der Waals surface area contributed by atoms with E-state index in [1.165, 1.54) is 21.9 Å². The number of piperidine rings is 1. The van der Waals surface area contributed by atoms with Gasteiger partial charge in [-0.25, -0.2) is 4.79 Å². The van der Waals surface area contributed by atoms with E-state index in [4.69, 9.17) is 14.5 Å². The van der Waals surface area contributed by atoms with Crippen molar-refractivity contribution in [1.29, 1.82) is 0 Å². The number of aromatic nitrogens is 1. The van der Waals surface area contributed by atoms with Crippen molar-refractivity contribution in [3.05, 3.63) is 83.7 Å². The van der Waals surface area contributed by atoms with Crippen LogP contribution in [0.5, 0.6) is 0 Å². The molecule has 0 bridgehead atoms. The first kappa shape index (κ1) is 30.7. The minimum atomic E-state index is -0.883. The van der Waals surface area contributed by atoms with Crippen LogP contribution in [0.25, 0.3) is 33.0 Å². The van der Waals surface area contributed by atoms with Gasteiger partial charge in [-0.05, 0) is 87.3 Å². The molecule has 0 spiro atoms. The first-order valence-corrected chi connectivity index (χ1v) is 15.6. The summed E-state index contributed by atoms with van der Waals surface area (Å²) in [4.78, 5) is 21.0. The number of hydrogen-bond acceptors (Lipinski definition) is 5. The van der Waals surface area contributed by atoms with Crippen LogP contribution in [-0.2, 0) is 14.3 Å². The largest absolute Gasteiger partial charge is 0.464 e. The summed E-state index contributed by atoms with van der Waals surface area (Å²) in [6, 6.07) is 23.8. The molecule has 0 radical (unpaired) electrons. The van der Waals surface area contributed by atoms with Crippen LogP contribution >= 0.6 is 0 Å². The number of ether oxygens (including phenoxy) is 2. The van der Waals surface area contributed by atoms with Crippen molar-refractivity contribution in [3.8, 4) is 22.3 Å². The van der Waals surface area contributed by atoms with E-state index in [2.05, 4.69) is 92.4 Å². The van der Waals surface area contributed by atoms with E-state index >= 15 is 0 Å². The molecule has 0 unspecified atom stereocenters. The van der Waals surface area contributed by atoms with Gasteiger partial charge in [0.15, 0.2) is 6.10 Å². The van der Waals surface area contributed by atoms with Gasteiger partial charge in [0.25, 0.3) is 0 Å². The molecule has 0 amide bonds. The molecule has 5 rings (SSSR count). The molecule has 226 valence electrons. The van der Waals surface area contributed by atoms with Crippen molar-refractivity contribution in [3.63, 3.8) is 0 Å². The van der Waals surface area contributed by atoms with Crippen LogP contribution in [0.3, 0.4) is 0 Å². The molecule has 1 fully saturated rings. The van der Waals surface area contributed by atoms with Crippen LogP contribution in [0.2, 0.25) is 0 Å². The van der Waals surface area contributed by atoms with E-state index in [0.29, 0.717) is 0 Å². The molecule has 3 aromatic carbocycles. The molecule has 5 heteroatoms.